The molecule has 0 saturated heterocycles. The minimum atomic E-state index is 0.495. The summed E-state index contributed by atoms with van der Waals surface area (Å²) in [6.07, 6.45) is 6.41. The third kappa shape index (κ3) is 3.28. The lowest BCUT2D eigenvalue weighted by molar-refractivity contribution is 0.414. The average Bonchev–Trinajstić information content (AvgIpc) is 2.31. The van der Waals surface area contributed by atoms with Gasteiger partial charge in [0.1, 0.15) is 5.75 Å². The number of hydrogen-bond donors (Lipinski definition) is 0. The summed E-state index contributed by atoms with van der Waals surface area (Å²) in [5.74, 6) is 1.31. The molecule has 88 valence electrons. The van der Waals surface area contributed by atoms with Crippen molar-refractivity contribution in [1.29, 1.82) is 0 Å². The number of hydrogen-bond acceptors (Lipinski definition) is 1. The van der Waals surface area contributed by atoms with Gasteiger partial charge in [0.05, 0.1) is 7.11 Å². The van der Waals surface area contributed by atoms with Crippen LogP contribution in [0.25, 0.3) is 0 Å². The lowest BCUT2D eigenvalue weighted by Gasteiger charge is -2.15. The fourth-order valence-corrected chi connectivity index (χ4v) is 2.10. The molecule has 0 spiro atoms. The predicted molar refractivity (Wildman–Crippen MR) is 70.5 cm³/mol. The lowest BCUT2D eigenvalue weighted by atomic mass is 9.93. The van der Waals surface area contributed by atoms with Gasteiger partial charge in [-0.2, -0.15) is 0 Å². The van der Waals surface area contributed by atoms with Crippen LogP contribution in [0.1, 0.15) is 38.2 Å². The fraction of sp³-hybridized carbons (Fsp3) is 0.429. The molecule has 1 atom stereocenters. The Kier molecular flexibility index (Phi) is 5.41. The van der Waals surface area contributed by atoms with Crippen molar-refractivity contribution in [3.63, 3.8) is 0 Å². The summed E-state index contributed by atoms with van der Waals surface area (Å²) in [6.45, 7) is 4.23. The highest BCUT2D eigenvalue weighted by atomic mass is 35.5. The first-order valence-corrected chi connectivity index (χ1v) is 6.05. The van der Waals surface area contributed by atoms with E-state index in [1.54, 1.807) is 7.11 Å². The van der Waals surface area contributed by atoms with Gasteiger partial charge in [-0.1, -0.05) is 36.7 Å². The highest BCUT2D eigenvalue weighted by Crippen LogP contribution is 2.32. The van der Waals surface area contributed by atoms with Gasteiger partial charge in [0.15, 0.2) is 0 Å². The Labute approximate surface area is 103 Å². The normalized spacial score (nSPS) is 13.0. The van der Waals surface area contributed by atoms with Crippen molar-refractivity contribution < 1.29 is 4.74 Å². The van der Waals surface area contributed by atoms with Crippen LogP contribution in [0.3, 0.4) is 0 Å². The summed E-state index contributed by atoms with van der Waals surface area (Å²) < 4.78 is 5.15. The van der Waals surface area contributed by atoms with Gasteiger partial charge in [-0.15, -0.1) is 0 Å². The maximum Gasteiger partial charge on any atom is 0.120 e. The van der Waals surface area contributed by atoms with E-state index in [-0.39, 0.29) is 0 Å². The van der Waals surface area contributed by atoms with Gasteiger partial charge in [-0.3, -0.25) is 0 Å². The zero-order valence-corrected chi connectivity index (χ0v) is 10.9. The summed E-state index contributed by atoms with van der Waals surface area (Å²) in [5.41, 5.74) is 1.21. The number of halogens is 1. The highest BCUT2D eigenvalue weighted by molar-refractivity contribution is 6.31. The average molecular weight is 239 g/mol. The van der Waals surface area contributed by atoms with Crippen LogP contribution in [0.15, 0.2) is 30.4 Å². The first kappa shape index (κ1) is 13.1. The first-order chi connectivity index (χ1) is 7.72. The summed E-state index contributed by atoms with van der Waals surface area (Å²) in [7, 11) is 1.66. The molecule has 0 bridgehead atoms. The second-order valence-electron chi connectivity index (χ2n) is 3.80. The minimum absolute atomic E-state index is 0.495. The van der Waals surface area contributed by atoms with E-state index in [1.807, 2.05) is 19.1 Å². The Morgan fingerprint density at radius 3 is 2.69 bits per heavy atom. The van der Waals surface area contributed by atoms with Gasteiger partial charge in [-0.25, -0.2) is 0 Å². The molecular formula is C14H19ClO. The molecule has 1 rings (SSSR count). The monoisotopic (exact) mass is 238 g/mol. The summed E-state index contributed by atoms with van der Waals surface area (Å²) in [6, 6.07) is 5.92. The van der Waals surface area contributed by atoms with Crippen LogP contribution < -0.4 is 4.74 Å². The quantitative estimate of drug-likeness (QED) is 0.669. The predicted octanol–water partition coefficient (Wildman–Crippen LogP) is 4.81. The molecule has 1 aromatic rings. The molecule has 0 aliphatic carbocycles. The third-order valence-electron chi connectivity index (χ3n) is 2.80. The van der Waals surface area contributed by atoms with Crippen LogP contribution >= 0.6 is 11.6 Å². The van der Waals surface area contributed by atoms with Gasteiger partial charge in [-0.05, 0) is 43.4 Å². The van der Waals surface area contributed by atoms with Crippen molar-refractivity contribution in [2.75, 3.05) is 7.11 Å². The number of benzene rings is 1. The SMILES string of the molecule is C/C=C\CC(CC)c1ccc(OC)cc1Cl. The standard InChI is InChI=1S/C14H19ClO/c1-4-6-7-11(5-2)13-9-8-12(16-3)10-14(13)15/h4,6,8-11H,5,7H2,1-3H3/b6-4-. The van der Waals surface area contributed by atoms with E-state index in [2.05, 4.69) is 25.1 Å². The van der Waals surface area contributed by atoms with Crippen LogP contribution in [-0.4, -0.2) is 7.11 Å². The van der Waals surface area contributed by atoms with Gasteiger partial charge in [0.2, 0.25) is 0 Å². The maximum atomic E-state index is 6.26. The van der Waals surface area contributed by atoms with Crippen LogP contribution in [0.2, 0.25) is 5.02 Å². The number of ether oxygens (including phenoxy) is 1. The molecule has 0 aliphatic rings. The number of methoxy groups -OCH3 is 1. The van der Waals surface area contributed by atoms with Crippen LogP contribution in [-0.2, 0) is 0 Å². The largest absolute Gasteiger partial charge is 0.497 e. The molecule has 0 heterocycles. The second-order valence-corrected chi connectivity index (χ2v) is 4.20. The van der Waals surface area contributed by atoms with E-state index in [9.17, 15) is 0 Å². The van der Waals surface area contributed by atoms with E-state index in [0.29, 0.717) is 5.92 Å². The molecule has 0 aromatic heterocycles. The molecule has 0 N–H and O–H groups in total. The van der Waals surface area contributed by atoms with E-state index < -0.39 is 0 Å². The van der Waals surface area contributed by atoms with E-state index >= 15 is 0 Å². The smallest absolute Gasteiger partial charge is 0.120 e. The fourth-order valence-electron chi connectivity index (χ4n) is 1.78. The molecule has 1 aromatic carbocycles. The van der Waals surface area contributed by atoms with Crippen molar-refractivity contribution in [3.8, 4) is 5.75 Å². The number of rotatable bonds is 5. The van der Waals surface area contributed by atoms with E-state index in [0.717, 1.165) is 23.6 Å². The Morgan fingerprint density at radius 2 is 2.19 bits per heavy atom. The molecule has 2 heteroatoms. The van der Waals surface area contributed by atoms with Crippen LogP contribution in [0, 0.1) is 0 Å². The minimum Gasteiger partial charge on any atom is -0.497 e. The van der Waals surface area contributed by atoms with Crippen LogP contribution in [0.5, 0.6) is 5.75 Å². The van der Waals surface area contributed by atoms with Gasteiger partial charge in [0, 0.05) is 5.02 Å². The molecule has 1 unspecified atom stereocenters. The Hall–Kier alpha value is -0.950. The number of allylic oxidation sites excluding steroid dienone is 2. The first-order valence-electron chi connectivity index (χ1n) is 5.67. The van der Waals surface area contributed by atoms with Crippen molar-refractivity contribution >= 4 is 11.6 Å². The molecule has 0 fully saturated rings. The molecule has 1 nitrogen and oxygen atoms in total. The zero-order chi connectivity index (χ0) is 12.0. The van der Waals surface area contributed by atoms with Crippen molar-refractivity contribution in [2.45, 2.75) is 32.6 Å². The molecule has 0 radical (unpaired) electrons. The molecule has 0 saturated carbocycles. The summed E-state index contributed by atoms with van der Waals surface area (Å²) in [4.78, 5) is 0. The summed E-state index contributed by atoms with van der Waals surface area (Å²) >= 11 is 6.26. The van der Waals surface area contributed by atoms with Gasteiger partial charge < -0.3 is 4.74 Å². The van der Waals surface area contributed by atoms with Crippen molar-refractivity contribution in [3.05, 3.63) is 40.9 Å². The molecule has 16 heavy (non-hydrogen) atoms. The van der Waals surface area contributed by atoms with Gasteiger partial charge >= 0.3 is 0 Å². The van der Waals surface area contributed by atoms with Crippen molar-refractivity contribution in [2.24, 2.45) is 0 Å². The Balaban J connectivity index is 2.92. The Morgan fingerprint density at radius 1 is 1.44 bits per heavy atom. The van der Waals surface area contributed by atoms with Crippen LogP contribution in [0.4, 0.5) is 0 Å². The topological polar surface area (TPSA) is 9.23 Å². The molecule has 0 aliphatic heterocycles. The lowest BCUT2D eigenvalue weighted by Crippen LogP contribution is -1.97. The second kappa shape index (κ2) is 6.59. The zero-order valence-electron chi connectivity index (χ0n) is 10.2. The highest BCUT2D eigenvalue weighted by Gasteiger charge is 2.12. The van der Waals surface area contributed by atoms with Crippen molar-refractivity contribution in [1.82, 2.24) is 0 Å². The third-order valence-corrected chi connectivity index (χ3v) is 3.12. The van der Waals surface area contributed by atoms with E-state index in [4.69, 9.17) is 16.3 Å². The molecular weight excluding hydrogens is 220 g/mol. The van der Waals surface area contributed by atoms with Gasteiger partial charge in [0.25, 0.3) is 0 Å². The molecule has 0 amide bonds. The Bertz CT molecular complexity index is 358. The summed E-state index contributed by atoms with van der Waals surface area (Å²) in [5, 5.41) is 0.802. The maximum absolute atomic E-state index is 6.26. The van der Waals surface area contributed by atoms with E-state index in [1.165, 1.54) is 5.56 Å².